The number of aliphatic hydroxyl groups is 1. The Labute approximate surface area is 118 Å². The molecule has 0 bridgehead atoms. The molecule has 0 atom stereocenters. The van der Waals surface area contributed by atoms with E-state index >= 15 is 0 Å². The number of aromatic nitrogens is 2. The standard InChI is InChI=1S/C13H13BrFN3O/c14-10-2-3-12(15)11(6-10)9-7-17-13(18-8-9)16-4-1-5-19/h2-3,6-8,19H,1,4-5H2,(H,16,17,18). The third-order valence-corrected chi connectivity index (χ3v) is 3.00. The van der Waals surface area contributed by atoms with E-state index in [-0.39, 0.29) is 12.4 Å². The first kappa shape index (κ1) is 13.9. The minimum atomic E-state index is -0.312. The summed E-state index contributed by atoms with van der Waals surface area (Å²) >= 11 is 3.31. The lowest BCUT2D eigenvalue weighted by molar-refractivity contribution is 0.292. The van der Waals surface area contributed by atoms with Crippen molar-refractivity contribution >= 4 is 21.9 Å². The first-order valence-corrected chi connectivity index (χ1v) is 6.62. The zero-order chi connectivity index (χ0) is 13.7. The van der Waals surface area contributed by atoms with Gasteiger partial charge in [0.15, 0.2) is 0 Å². The highest BCUT2D eigenvalue weighted by molar-refractivity contribution is 9.10. The molecule has 19 heavy (non-hydrogen) atoms. The quantitative estimate of drug-likeness (QED) is 0.830. The monoisotopic (exact) mass is 325 g/mol. The van der Waals surface area contributed by atoms with Gasteiger partial charge in [-0.2, -0.15) is 0 Å². The molecule has 2 N–H and O–H groups in total. The lowest BCUT2D eigenvalue weighted by Gasteiger charge is -2.06. The van der Waals surface area contributed by atoms with Gasteiger partial charge in [0.05, 0.1) is 0 Å². The van der Waals surface area contributed by atoms with Crippen LogP contribution in [-0.4, -0.2) is 28.2 Å². The summed E-state index contributed by atoms with van der Waals surface area (Å²) in [4.78, 5) is 8.22. The molecule has 0 radical (unpaired) electrons. The van der Waals surface area contributed by atoms with E-state index in [0.29, 0.717) is 30.0 Å². The fourth-order valence-corrected chi connectivity index (χ4v) is 1.92. The fourth-order valence-electron chi connectivity index (χ4n) is 1.56. The van der Waals surface area contributed by atoms with Gasteiger partial charge >= 0.3 is 0 Å². The summed E-state index contributed by atoms with van der Waals surface area (Å²) in [6.45, 7) is 0.718. The van der Waals surface area contributed by atoms with Crippen molar-refractivity contribution in [1.82, 2.24) is 9.97 Å². The molecular formula is C13H13BrFN3O. The van der Waals surface area contributed by atoms with Gasteiger partial charge in [0.2, 0.25) is 5.95 Å². The van der Waals surface area contributed by atoms with Gasteiger partial charge in [0, 0.05) is 41.1 Å². The summed E-state index contributed by atoms with van der Waals surface area (Å²) < 4.78 is 14.5. The summed E-state index contributed by atoms with van der Waals surface area (Å²) in [7, 11) is 0. The Morgan fingerprint density at radius 2 is 2.00 bits per heavy atom. The molecule has 0 aliphatic carbocycles. The second kappa shape index (κ2) is 6.58. The van der Waals surface area contributed by atoms with Crippen molar-refractivity contribution in [2.75, 3.05) is 18.5 Å². The second-order valence-corrected chi connectivity index (χ2v) is 4.84. The normalized spacial score (nSPS) is 10.5. The lowest BCUT2D eigenvalue weighted by atomic mass is 10.1. The molecule has 0 aliphatic rings. The van der Waals surface area contributed by atoms with Crippen LogP contribution in [0.4, 0.5) is 10.3 Å². The van der Waals surface area contributed by atoms with E-state index in [4.69, 9.17) is 5.11 Å². The number of hydrogen-bond donors (Lipinski definition) is 2. The van der Waals surface area contributed by atoms with Gasteiger partial charge in [0.25, 0.3) is 0 Å². The first-order valence-electron chi connectivity index (χ1n) is 5.83. The molecule has 0 saturated carbocycles. The number of benzene rings is 1. The number of halogens is 2. The summed E-state index contributed by atoms with van der Waals surface area (Å²) in [5.41, 5.74) is 1.07. The van der Waals surface area contributed by atoms with Gasteiger partial charge in [-0.05, 0) is 24.6 Å². The number of hydrogen-bond acceptors (Lipinski definition) is 4. The molecule has 2 rings (SSSR count). The predicted molar refractivity (Wildman–Crippen MR) is 75.3 cm³/mol. The highest BCUT2D eigenvalue weighted by Gasteiger charge is 2.07. The van der Waals surface area contributed by atoms with Crippen molar-refractivity contribution in [3.63, 3.8) is 0 Å². The summed E-state index contributed by atoms with van der Waals surface area (Å²) in [6, 6.07) is 4.73. The van der Waals surface area contributed by atoms with E-state index in [2.05, 4.69) is 31.2 Å². The highest BCUT2D eigenvalue weighted by atomic mass is 79.9. The van der Waals surface area contributed by atoms with E-state index in [9.17, 15) is 4.39 Å². The Bertz CT molecular complexity index is 548. The number of nitrogens with one attached hydrogen (secondary N) is 1. The molecule has 0 unspecified atom stereocenters. The average Bonchev–Trinajstić information content (AvgIpc) is 2.43. The molecule has 2 aromatic rings. The average molecular weight is 326 g/mol. The molecule has 1 heterocycles. The molecule has 0 amide bonds. The van der Waals surface area contributed by atoms with Crippen LogP contribution in [0.2, 0.25) is 0 Å². The first-order chi connectivity index (χ1) is 9.20. The van der Waals surface area contributed by atoms with Crippen molar-refractivity contribution in [3.8, 4) is 11.1 Å². The van der Waals surface area contributed by atoms with E-state index in [1.54, 1.807) is 24.5 Å². The molecule has 1 aromatic carbocycles. The Morgan fingerprint density at radius 1 is 1.26 bits per heavy atom. The van der Waals surface area contributed by atoms with Crippen molar-refractivity contribution in [3.05, 3.63) is 40.9 Å². The second-order valence-electron chi connectivity index (χ2n) is 3.92. The topological polar surface area (TPSA) is 58.0 Å². The third-order valence-electron chi connectivity index (χ3n) is 2.51. The number of nitrogens with zero attached hydrogens (tertiary/aromatic N) is 2. The number of rotatable bonds is 5. The fraction of sp³-hybridized carbons (Fsp3) is 0.231. The lowest BCUT2D eigenvalue weighted by Crippen LogP contribution is -2.06. The van der Waals surface area contributed by atoms with Crippen LogP contribution in [0.5, 0.6) is 0 Å². The summed E-state index contributed by atoms with van der Waals surface area (Å²) in [6.07, 6.45) is 3.77. The van der Waals surface area contributed by atoms with Crippen LogP contribution in [0.25, 0.3) is 11.1 Å². The van der Waals surface area contributed by atoms with Crippen LogP contribution in [0.1, 0.15) is 6.42 Å². The summed E-state index contributed by atoms with van der Waals surface area (Å²) in [5, 5.41) is 11.6. The smallest absolute Gasteiger partial charge is 0.222 e. The number of aliphatic hydroxyl groups excluding tert-OH is 1. The third kappa shape index (κ3) is 3.71. The molecule has 0 saturated heterocycles. The van der Waals surface area contributed by atoms with Crippen molar-refractivity contribution in [2.24, 2.45) is 0 Å². The van der Waals surface area contributed by atoms with Crippen molar-refractivity contribution in [2.45, 2.75) is 6.42 Å². The largest absolute Gasteiger partial charge is 0.396 e. The van der Waals surface area contributed by atoms with E-state index in [0.717, 1.165) is 4.47 Å². The Balaban J connectivity index is 2.15. The van der Waals surface area contributed by atoms with Gasteiger partial charge in [-0.3, -0.25) is 0 Å². The van der Waals surface area contributed by atoms with Gasteiger partial charge < -0.3 is 10.4 Å². The van der Waals surface area contributed by atoms with Crippen LogP contribution in [0, 0.1) is 5.82 Å². The van der Waals surface area contributed by atoms with Crippen LogP contribution >= 0.6 is 15.9 Å². The van der Waals surface area contributed by atoms with Gasteiger partial charge in [0.1, 0.15) is 5.82 Å². The van der Waals surface area contributed by atoms with Gasteiger partial charge in [-0.25, -0.2) is 14.4 Å². The highest BCUT2D eigenvalue weighted by Crippen LogP contribution is 2.25. The molecule has 0 aliphatic heterocycles. The maximum absolute atomic E-state index is 13.7. The van der Waals surface area contributed by atoms with Crippen molar-refractivity contribution < 1.29 is 9.50 Å². The molecular weight excluding hydrogens is 313 g/mol. The van der Waals surface area contributed by atoms with Crippen LogP contribution in [0.3, 0.4) is 0 Å². The van der Waals surface area contributed by atoms with E-state index < -0.39 is 0 Å². The Kier molecular flexibility index (Phi) is 4.81. The maximum Gasteiger partial charge on any atom is 0.222 e. The molecule has 0 fully saturated rings. The molecule has 0 spiro atoms. The Hall–Kier alpha value is -1.53. The zero-order valence-corrected chi connectivity index (χ0v) is 11.7. The van der Waals surface area contributed by atoms with Crippen molar-refractivity contribution in [1.29, 1.82) is 0 Å². The maximum atomic E-state index is 13.7. The van der Waals surface area contributed by atoms with Crippen LogP contribution < -0.4 is 5.32 Å². The molecule has 100 valence electrons. The molecule has 6 heteroatoms. The minimum Gasteiger partial charge on any atom is -0.396 e. The number of anilines is 1. The zero-order valence-electron chi connectivity index (χ0n) is 10.1. The van der Waals surface area contributed by atoms with Gasteiger partial charge in [-0.15, -0.1) is 0 Å². The summed E-state index contributed by atoms with van der Waals surface area (Å²) in [5.74, 6) is 0.153. The molecule has 4 nitrogen and oxygen atoms in total. The minimum absolute atomic E-state index is 0.119. The molecule has 1 aromatic heterocycles. The van der Waals surface area contributed by atoms with Crippen LogP contribution in [-0.2, 0) is 0 Å². The van der Waals surface area contributed by atoms with Gasteiger partial charge in [-0.1, -0.05) is 15.9 Å². The predicted octanol–water partition coefficient (Wildman–Crippen LogP) is 2.84. The van der Waals surface area contributed by atoms with E-state index in [1.807, 2.05) is 0 Å². The Morgan fingerprint density at radius 3 is 2.68 bits per heavy atom. The van der Waals surface area contributed by atoms with E-state index in [1.165, 1.54) is 6.07 Å². The SMILES string of the molecule is OCCCNc1ncc(-c2cc(Br)ccc2F)cn1. The van der Waals surface area contributed by atoms with Crippen LogP contribution in [0.15, 0.2) is 35.1 Å².